The van der Waals surface area contributed by atoms with Crippen molar-refractivity contribution in [2.75, 3.05) is 6.61 Å². The van der Waals surface area contributed by atoms with E-state index >= 15 is 0 Å². The molecule has 7 heteroatoms. The van der Waals surface area contributed by atoms with Gasteiger partial charge >= 0.3 is 5.97 Å². The molecule has 0 radical (unpaired) electrons. The lowest BCUT2D eigenvalue weighted by atomic mass is 10.1. The molecule has 0 unspecified atom stereocenters. The van der Waals surface area contributed by atoms with Crippen LogP contribution < -0.4 is 14.9 Å². The maximum absolute atomic E-state index is 12.2. The van der Waals surface area contributed by atoms with E-state index in [9.17, 15) is 9.59 Å². The standard InChI is InChI=1S/C26H25ClN2O4/c1-2-3-6-19-9-13-21(14-10-19)32-18-25(30)29-28-17-20-11-15-22(16-12-20)33-26(31)23-7-4-5-8-24(23)27/h4-5,7-17H,2-3,6,18H2,1H3,(H,29,30)/b28-17+. The lowest BCUT2D eigenvalue weighted by Crippen LogP contribution is -2.24. The van der Waals surface area contributed by atoms with Crippen LogP contribution in [-0.4, -0.2) is 24.7 Å². The lowest BCUT2D eigenvalue weighted by molar-refractivity contribution is -0.123. The molecule has 3 rings (SSSR count). The van der Waals surface area contributed by atoms with E-state index in [1.54, 1.807) is 48.5 Å². The van der Waals surface area contributed by atoms with Crippen LogP contribution in [0.2, 0.25) is 5.02 Å². The Labute approximate surface area is 198 Å². The number of nitrogens with one attached hydrogen (secondary N) is 1. The number of hydrogen-bond acceptors (Lipinski definition) is 5. The van der Waals surface area contributed by atoms with Gasteiger partial charge in [0.25, 0.3) is 5.91 Å². The molecule has 0 atom stereocenters. The van der Waals surface area contributed by atoms with Gasteiger partial charge in [0.1, 0.15) is 11.5 Å². The summed E-state index contributed by atoms with van der Waals surface area (Å²) in [5.41, 5.74) is 4.69. The predicted molar refractivity (Wildman–Crippen MR) is 129 cm³/mol. The fourth-order valence-electron chi connectivity index (χ4n) is 2.90. The number of hydrazone groups is 1. The van der Waals surface area contributed by atoms with Crippen molar-refractivity contribution in [2.24, 2.45) is 5.10 Å². The molecule has 33 heavy (non-hydrogen) atoms. The molecular formula is C26H25ClN2O4. The van der Waals surface area contributed by atoms with Crippen molar-refractivity contribution in [1.29, 1.82) is 0 Å². The zero-order chi connectivity index (χ0) is 23.5. The van der Waals surface area contributed by atoms with E-state index in [1.807, 2.05) is 24.3 Å². The molecule has 170 valence electrons. The van der Waals surface area contributed by atoms with Gasteiger partial charge in [-0.25, -0.2) is 10.2 Å². The van der Waals surface area contributed by atoms with Crippen molar-refractivity contribution in [2.45, 2.75) is 26.2 Å². The van der Waals surface area contributed by atoms with Gasteiger partial charge in [-0.3, -0.25) is 4.79 Å². The number of ether oxygens (including phenoxy) is 2. The minimum absolute atomic E-state index is 0.136. The Morgan fingerprint density at radius 2 is 1.67 bits per heavy atom. The quantitative estimate of drug-likeness (QED) is 0.188. The van der Waals surface area contributed by atoms with Crippen LogP contribution in [0.15, 0.2) is 77.9 Å². The van der Waals surface area contributed by atoms with E-state index in [0.29, 0.717) is 22.1 Å². The summed E-state index contributed by atoms with van der Waals surface area (Å²) in [6.45, 7) is 2.02. The number of nitrogens with zero attached hydrogens (tertiary/aromatic N) is 1. The molecule has 0 bridgehead atoms. The molecule has 0 saturated carbocycles. The molecule has 0 aliphatic heterocycles. The average Bonchev–Trinajstić information content (AvgIpc) is 2.83. The number of esters is 1. The molecule has 3 aromatic carbocycles. The number of benzene rings is 3. The topological polar surface area (TPSA) is 77.0 Å². The highest BCUT2D eigenvalue weighted by molar-refractivity contribution is 6.33. The van der Waals surface area contributed by atoms with E-state index in [2.05, 4.69) is 17.5 Å². The number of amides is 1. The van der Waals surface area contributed by atoms with Gasteiger partial charge in [-0.2, -0.15) is 5.10 Å². The van der Waals surface area contributed by atoms with Crippen LogP contribution in [0, 0.1) is 0 Å². The number of unbranched alkanes of at least 4 members (excludes halogenated alkanes) is 1. The molecule has 0 aromatic heterocycles. The fraction of sp³-hybridized carbons (Fsp3) is 0.192. The van der Waals surface area contributed by atoms with Gasteiger partial charge in [-0.15, -0.1) is 0 Å². The second-order valence-electron chi connectivity index (χ2n) is 7.27. The number of aryl methyl sites for hydroxylation is 1. The summed E-state index contributed by atoms with van der Waals surface area (Å²) in [7, 11) is 0. The van der Waals surface area contributed by atoms with Crippen LogP contribution >= 0.6 is 11.6 Å². The molecule has 1 amide bonds. The summed E-state index contributed by atoms with van der Waals surface area (Å²) < 4.78 is 10.8. The van der Waals surface area contributed by atoms with Gasteiger partial charge < -0.3 is 9.47 Å². The number of hydrogen-bond donors (Lipinski definition) is 1. The Bertz CT molecular complexity index is 1100. The third-order valence-electron chi connectivity index (χ3n) is 4.70. The Morgan fingerprint density at radius 3 is 2.36 bits per heavy atom. The van der Waals surface area contributed by atoms with Gasteiger partial charge in [0, 0.05) is 0 Å². The van der Waals surface area contributed by atoms with Gasteiger partial charge in [-0.1, -0.05) is 49.2 Å². The zero-order valence-corrected chi connectivity index (χ0v) is 19.0. The first kappa shape index (κ1) is 24.0. The lowest BCUT2D eigenvalue weighted by Gasteiger charge is -2.06. The summed E-state index contributed by atoms with van der Waals surface area (Å²) in [4.78, 5) is 24.1. The second-order valence-corrected chi connectivity index (χ2v) is 7.67. The molecule has 0 saturated heterocycles. The van der Waals surface area contributed by atoms with E-state index in [-0.39, 0.29) is 12.5 Å². The first-order valence-corrected chi connectivity index (χ1v) is 11.0. The van der Waals surface area contributed by atoms with Crippen LogP contribution in [-0.2, 0) is 11.2 Å². The molecule has 3 aromatic rings. The molecule has 0 spiro atoms. The minimum Gasteiger partial charge on any atom is -0.484 e. The van der Waals surface area contributed by atoms with Gasteiger partial charge in [0.2, 0.25) is 0 Å². The van der Waals surface area contributed by atoms with E-state index < -0.39 is 5.97 Å². The van der Waals surface area contributed by atoms with Crippen LogP contribution in [0.3, 0.4) is 0 Å². The van der Waals surface area contributed by atoms with Crippen LogP contribution in [0.1, 0.15) is 41.3 Å². The van der Waals surface area contributed by atoms with E-state index in [1.165, 1.54) is 11.8 Å². The van der Waals surface area contributed by atoms with Gasteiger partial charge in [0.05, 0.1) is 16.8 Å². The Kier molecular flexibility index (Phi) is 9.03. The zero-order valence-electron chi connectivity index (χ0n) is 18.3. The highest BCUT2D eigenvalue weighted by Crippen LogP contribution is 2.19. The smallest absolute Gasteiger partial charge is 0.345 e. The molecule has 1 N–H and O–H groups in total. The second kappa shape index (κ2) is 12.4. The first-order chi connectivity index (χ1) is 16.0. The normalized spacial score (nSPS) is 10.7. The summed E-state index contributed by atoms with van der Waals surface area (Å²) in [5.74, 6) is 0.100. The first-order valence-electron chi connectivity index (χ1n) is 10.7. The van der Waals surface area contributed by atoms with Crippen LogP contribution in [0.4, 0.5) is 0 Å². The Morgan fingerprint density at radius 1 is 0.970 bits per heavy atom. The molecular weight excluding hydrogens is 440 g/mol. The van der Waals surface area contributed by atoms with Crippen molar-refractivity contribution >= 4 is 29.7 Å². The molecule has 0 aliphatic rings. The average molecular weight is 465 g/mol. The van der Waals surface area contributed by atoms with Crippen LogP contribution in [0.5, 0.6) is 11.5 Å². The monoisotopic (exact) mass is 464 g/mol. The van der Waals surface area contributed by atoms with Crippen molar-refractivity contribution in [3.05, 3.63) is 94.5 Å². The van der Waals surface area contributed by atoms with Crippen LogP contribution in [0.25, 0.3) is 0 Å². The third kappa shape index (κ3) is 7.77. The maximum atomic E-state index is 12.2. The molecule has 6 nitrogen and oxygen atoms in total. The van der Waals surface area contributed by atoms with E-state index in [0.717, 1.165) is 24.8 Å². The molecule has 0 aliphatic carbocycles. The molecule has 0 fully saturated rings. The summed E-state index contributed by atoms with van der Waals surface area (Å²) in [6.07, 6.45) is 4.83. The maximum Gasteiger partial charge on any atom is 0.345 e. The van der Waals surface area contributed by atoms with Gasteiger partial charge in [0.15, 0.2) is 6.61 Å². The molecule has 0 heterocycles. The van der Waals surface area contributed by atoms with E-state index in [4.69, 9.17) is 21.1 Å². The fourth-order valence-corrected chi connectivity index (χ4v) is 3.12. The highest BCUT2D eigenvalue weighted by Gasteiger charge is 2.12. The Hall–Kier alpha value is -3.64. The predicted octanol–water partition coefficient (Wildman–Crippen LogP) is 5.43. The van der Waals surface area contributed by atoms with Gasteiger partial charge in [-0.05, 0) is 72.5 Å². The minimum atomic E-state index is -0.537. The van der Waals surface area contributed by atoms with Crippen molar-refractivity contribution in [3.8, 4) is 11.5 Å². The van der Waals surface area contributed by atoms with Crippen molar-refractivity contribution in [1.82, 2.24) is 5.43 Å². The number of halogens is 1. The summed E-state index contributed by atoms with van der Waals surface area (Å²) in [6, 6.07) is 21.1. The largest absolute Gasteiger partial charge is 0.484 e. The third-order valence-corrected chi connectivity index (χ3v) is 5.03. The number of carbonyl (C=O) groups excluding carboxylic acids is 2. The number of carbonyl (C=O) groups is 2. The Balaban J connectivity index is 1.43. The van der Waals surface area contributed by atoms with Crippen molar-refractivity contribution in [3.63, 3.8) is 0 Å². The number of rotatable bonds is 10. The highest BCUT2D eigenvalue weighted by atomic mass is 35.5. The van der Waals surface area contributed by atoms with Crippen molar-refractivity contribution < 1.29 is 19.1 Å². The SMILES string of the molecule is CCCCc1ccc(OCC(=O)N/N=C/c2ccc(OC(=O)c3ccccc3Cl)cc2)cc1. The summed E-state index contributed by atoms with van der Waals surface area (Å²) in [5, 5.41) is 4.25. The summed E-state index contributed by atoms with van der Waals surface area (Å²) >= 11 is 6.01.